The van der Waals surface area contributed by atoms with E-state index in [0.717, 1.165) is 25.7 Å². The van der Waals surface area contributed by atoms with Gasteiger partial charge in [0.15, 0.2) is 0 Å². The molecule has 0 aromatic carbocycles. The first-order chi connectivity index (χ1) is 9.62. The predicted molar refractivity (Wildman–Crippen MR) is 78.7 cm³/mol. The Labute approximate surface area is 122 Å². The maximum absolute atomic E-state index is 9.95. The second-order valence-electron chi connectivity index (χ2n) is 5.87. The summed E-state index contributed by atoms with van der Waals surface area (Å²) in [4.78, 5) is 0. The normalized spacial score (nSPS) is 22.2. The minimum absolute atomic E-state index is 0.0176. The van der Waals surface area contributed by atoms with Crippen molar-refractivity contribution < 1.29 is 19.3 Å². The fourth-order valence-corrected chi connectivity index (χ4v) is 2.66. The van der Waals surface area contributed by atoms with Gasteiger partial charge < -0.3 is 25.1 Å². The number of aliphatic hydroxyl groups excluding tert-OH is 1. The molecule has 2 unspecified atom stereocenters. The summed E-state index contributed by atoms with van der Waals surface area (Å²) in [7, 11) is 1.64. The van der Waals surface area contributed by atoms with Crippen molar-refractivity contribution in [1.82, 2.24) is 0 Å². The Morgan fingerprint density at radius 3 is 2.30 bits per heavy atom. The van der Waals surface area contributed by atoms with E-state index < -0.39 is 6.10 Å². The molecule has 0 aromatic rings. The van der Waals surface area contributed by atoms with Crippen molar-refractivity contribution in [2.45, 2.75) is 63.3 Å². The van der Waals surface area contributed by atoms with Crippen molar-refractivity contribution in [3.63, 3.8) is 0 Å². The van der Waals surface area contributed by atoms with Gasteiger partial charge in [0.25, 0.3) is 0 Å². The van der Waals surface area contributed by atoms with Gasteiger partial charge in [0, 0.05) is 13.7 Å². The van der Waals surface area contributed by atoms with Gasteiger partial charge in [-0.25, -0.2) is 0 Å². The van der Waals surface area contributed by atoms with Crippen LogP contribution < -0.4 is 5.73 Å². The molecule has 1 saturated carbocycles. The molecule has 0 bridgehead atoms. The van der Waals surface area contributed by atoms with Gasteiger partial charge in [-0.2, -0.15) is 0 Å². The highest BCUT2D eigenvalue weighted by Gasteiger charge is 2.31. The van der Waals surface area contributed by atoms with Gasteiger partial charge in [-0.15, -0.1) is 0 Å². The Morgan fingerprint density at radius 2 is 1.75 bits per heavy atom. The van der Waals surface area contributed by atoms with Crippen molar-refractivity contribution in [1.29, 1.82) is 0 Å². The van der Waals surface area contributed by atoms with Crippen LogP contribution in [-0.4, -0.2) is 56.4 Å². The zero-order chi connectivity index (χ0) is 14.8. The Morgan fingerprint density at radius 1 is 1.10 bits per heavy atom. The Bertz CT molecular complexity index is 242. The SMILES string of the molecule is COCC(C)OCC(O)COC1(CN)CCCCCC1. The summed E-state index contributed by atoms with van der Waals surface area (Å²) in [5, 5.41) is 9.95. The van der Waals surface area contributed by atoms with Crippen LogP contribution in [0.5, 0.6) is 0 Å². The van der Waals surface area contributed by atoms with Gasteiger partial charge in [-0.1, -0.05) is 25.7 Å². The van der Waals surface area contributed by atoms with Crippen LogP contribution in [0.15, 0.2) is 0 Å². The number of hydrogen-bond donors (Lipinski definition) is 2. The summed E-state index contributed by atoms with van der Waals surface area (Å²) in [6.45, 7) is 3.53. The van der Waals surface area contributed by atoms with Gasteiger partial charge in [0.1, 0.15) is 6.10 Å². The first kappa shape index (κ1) is 17.9. The molecule has 120 valence electrons. The fraction of sp³-hybridized carbons (Fsp3) is 1.00. The molecular weight excluding hydrogens is 258 g/mol. The first-order valence-electron chi connectivity index (χ1n) is 7.74. The molecular formula is C15H31NO4. The minimum atomic E-state index is -0.610. The van der Waals surface area contributed by atoms with Crippen LogP contribution in [-0.2, 0) is 14.2 Å². The summed E-state index contributed by atoms with van der Waals surface area (Å²) < 4.78 is 16.4. The molecule has 1 rings (SSSR count). The average molecular weight is 289 g/mol. The third-order valence-corrected chi connectivity index (χ3v) is 3.94. The lowest BCUT2D eigenvalue weighted by Gasteiger charge is -2.32. The maximum Gasteiger partial charge on any atom is 0.101 e. The van der Waals surface area contributed by atoms with Crippen molar-refractivity contribution in [2.24, 2.45) is 5.73 Å². The van der Waals surface area contributed by atoms with Gasteiger partial charge in [-0.05, 0) is 19.8 Å². The lowest BCUT2D eigenvalue weighted by Crippen LogP contribution is -2.43. The number of rotatable bonds is 9. The van der Waals surface area contributed by atoms with E-state index in [0.29, 0.717) is 13.2 Å². The van der Waals surface area contributed by atoms with E-state index in [1.54, 1.807) is 7.11 Å². The fourth-order valence-electron chi connectivity index (χ4n) is 2.66. The van der Waals surface area contributed by atoms with E-state index in [2.05, 4.69) is 0 Å². The average Bonchev–Trinajstić information content (AvgIpc) is 2.69. The van der Waals surface area contributed by atoms with E-state index in [4.69, 9.17) is 19.9 Å². The van der Waals surface area contributed by atoms with Crippen molar-refractivity contribution in [3.05, 3.63) is 0 Å². The van der Waals surface area contributed by atoms with Gasteiger partial charge in [-0.3, -0.25) is 0 Å². The molecule has 0 amide bonds. The van der Waals surface area contributed by atoms with E-state index in [1.165, 1.54) is 12.8 Å². The van der Waals surface area contributed by atoms with Crippen molar-refractivity contribution in [3.8, 4) is 0 Å². The smallest absolute Gasteiger partial charge is 0.101 e. The molecule has 0 radical (unpaired) electrons. The number of nitrogens with two attached hydrogens (primary N) is 1. The van der Waals surface area contributed by atoms with Gasteiger partial charge in [0.2, 0.25) is 0 Å². The summed E-state index contributed by atoms with van der Waals surface area (Å²) in [6.07, 6.45) is 6.20. The molecule has 1 aliphatic rings. The van der Waals surface area contributed by atoms with Crippen LogP contribution in [0.1, 0.15) is 45.4 Å². The third-order valence-electron chi connectivity index (χ3n) is 3.94. The number of aliphatic hydroxyl groups is 1. The molecule has 2 atom stereocenters. The summed E-state index contributed by atoms with van der Waals surface area (Å²) in [5.41, 5.74) is 5.66. The first-order valence-corrected chi connectivity index (χ1v) is 7.74. The summed E-state index contributed by atoms with van der Waals surface area (Å²) >= 11 is 0. The molecule has 0 heterocycles. The summed E-state index contributed by atoms with van der Waals surface area (Å²) in [5.74, 6) is 0. The number of ether oxygens (including phenoxy) is 3. The molecule has 20 heavy (non-hydrogen) atoms. The highest BCUT2D eigenvalue weighted by Crippen LogP contribution is 2.29. The lowest BCUT2D eigenvalue weighted by molar-refractivity contribution is -0.107. The Hall–Kier alpha value is -0.200. The maximum atomic E-state index is 9.95. The number of hydrogen-bond acceptors (Lipinski definition) is 5. The van der Waals surface area contributed by atoms with E-state index in [-0.39, 0.29) is 24.9 Å². The van der Waals surface area contributed by atoms with Crippen LogP contribution in [0.25, 0.3) is 0 Å². The largest absolute Gasteiger partial charge is 0.388 e. The molecule has 0 saturated heterocycles. The second kappa shape index (κ2) is 9.68. The highest BCUT2D eigenvalue weighted by molar-refractivity contribution is 4.84. The molecule has 5 nitrogen and oxygen atoms in total. The van der Waals surface area contributed by atoms with Crippen LogP contribution >= 0.6 is 0 Å². The molecule has 0 aromatic heterocycles. The van der Waals surface area contributed by atoms with Crippen LogP contribution in [0, 0.1) is 0 Å². The Kier molecular flexibility index (Phi) is 8.64. The van der Waals surface area contributed by atoms with Crippen molar-refractivity contribution >= 4 is 0 Å². The monoisotopic (exact) mass is 289 g/mol. The third kappa shape index (κ3) is 6.50. The predicted octanol–water partition coefficient (Wildman–Crippen LogP) is 1.47. The van der Waals surface area contributed by atoms with E-state index >= 15 is 0 Å². The zero-order valence-electron chi connectivity index (χ0n) is 13.0. The number of methoxy groups -OCH3 is 1. The summed E-state index contributed by atoms with van der Waals surface area (Å²) in [6, 6.07) is 0. The van der Waals surface area contributed by atoms with Crippen molar-refractivity contribution in [2.75, 3.05) is 33.5 Å². The zero-order valence-corrected chi connectivity index (χ0v) is 13.0. The van der Waals surface area contributed by atoms with E-state index in [1.807, 2.05) is 6.92 Å². The van der Waals surface area contributed by atoms with Gasteiger partial charge >= 0.3 is 0 Å². The van der Waals surface area contributed by atoms with Gasteiger partial charge in [0.05, 0.1) is 31.5 Å². The molecule has 3 N–H and O–H groups in total. The van der Waals surface area contributed by atoms with Crippen LogP contribution in [0.2, 0.25) is 0 Å². The minimum Gasteiger partial charge on any atom is -0.388 e. The quantitative estimate of drug-likeness (QED) is 0.629. The molecule has 5 heteroatoms. The molecule has 1 aliphatic carbocycles. The molecule has 0 aliphatic heterocycles. The highest BCUT2D eigenvalue weighted by atomic mass is 16.5. The molecule has 1 fully saturated rings. The van der Waals surface area contributed by atoms with Crippen LogP contribution in [0.4, 0.5) is 0 Å². The lowest BCUT2D eigenvalue weighted by atomic mass is 9.94. The Balaban J connectivity index is 2.28. The molecule has 0 spiro atoms. The standard InChI is InChI=1S/C15H31NO4/c1-13(9-18-2)19-10-14(17)11-20-15(12-16)7-5-3-4-6-8-15/h13-14,17H,3-12,16H2,1-2H3. The van der Waals surface area contributed by atoms with Crippen LogP contribution in [0.3, 0.4) is 0 Å². The second-order valence-corrected chi connectivity index (χ2v) is 5.87. The topological polar surface area (TPSA) is 73.9 Å². The van der Waals surface area contributed by atoms with E-state index in [9.17, 15) is 5.11 Å².